The van der Waals surface area contributed by atoms with Gasteiger partial charge in [-0.25, -0.2) is 4.68 Å². The molecule has 2 heterocycles. The van der Waals surface area contributed by atoms with Crippen LogP contribution in [0.15, 0.2) is 24.3 Å². The van der Waals surface area contributed by atoms with Gasteiger partial charge in [0.15, 0.2) is 0 Å². The molecule has 5 nitrogen and oxygen atoms in total. The Bertz CT molecular complexity index is 685. The van der Waals surface area contributed by atoms with Crippen molar-refractivity contribution < 1.29 is 4.74 Å². The van der Waals surface area contributed by atoms with Gasteiger partial charge in [0.2, 0.25) is 4.77 Å². The predicted molar refractivity (Wildman–Crippen MR) is 84.3 cm³/mol. The summed E-state index contributed by atoms with van der Waals surface area (Å²) in [6.45, 7) is 8.22. The van der Waals surface area contributed by atoms with E-state index in [0.717, 1.165) is 49.3 Å². The average Bonchev–Trinajstić information content (AvgIpc) is 2.74. The fourth-order valence-electron chi connectivity index (χ4n) is 2.60. The third-order valence-corrected chi connectivity index (χ3v) is 4.09. The molecule has 1 aromatic carbocycles. The lowest BCUT2D eigenvalue weighted by Crippen LogP contribution is -2.37. The number of aromatic nitrogens is 3. The second kappa shape index (κ2) is 6.09. The minimum atomic E-state index is 0.724. The normalized spacial score (nSPS) is 16.3. The van der Waals surface area contributed by atoms with Crippen LogP contribution in [-0.2, 0) is 11.4 Å². The molecule has 1 aromatic heterocycles. The highest BCUT2D eigenvalue weighted by Gasteiger charge is 2.14. The number of benzene rings is 1. The van der Waals surface area contributed by atoms with Gasteiger partial charge in [0.1, 0.15) is 5.82 Å². The van der Waals surface area contributed by atoms with Gasteiger partial charge in [0.05, 0.1) is 19.9 Å². The molecule has 0 saturated carbocycles. The molecule has 1 fully saturated rings. The second-order valence-electron chi connectivity index (χ2n) is 5.38. The monoisotopic (exact) mass is 304 g/mol. The summed E-state index contributed by atoms with van der Waals surface area (Å²) < 4.78 is 10.0. The molecule has 0 aliphatic carbocycles. The Kier molecular flexibility index (Phi) is 4.19. The molecular formula is C15H20N4OS. The van der Waals surface area contributed by atoms with Crippen LogP contribution in [0.5, 0.6) is 0 Å². The van der Waals surface area contributed by atoms with E-state index in [2.05, 4.69) is 35.1 Å². The summed E-state index contributed by atoms with van der Waals surface area (Å²) in [7, 11) is 0. The van der Waals surface area contributed by atoms with Gasteiger partial charge in [-0.15, -0.1) is 0 Å². The summed E-state index contributed by atoms with van der Waals surface area (Å²) >= 11 is 5.61. The maximum absolute atomic E-state index is 5.61. The Morgan fingerprint density at radius 2 is 2.00 bits per heavy atom. The van der Waals surface area contributed by atoms with Crippen LogP contribution < -0.4 is 0 Å². The van der Waals surface area contributed by atoms with Gasteiger partial charge in [-0.05, 0) is 43.8 Å². The van der Waals surface area contributed by atoms with E-state index in [9.17, 15) is 0 Å². The highest BCUT2D eigenvalue weighted by molar-refractivity contribution is 7.71. The molecule has 3 rings (SSSR count). The number of nitrogens with zero attached hydrogens (tertiary/aromatic N) is 4. The van der Waals surface area contributed by atoms with Crippen molar-refractivity contribution >= 4 is 12.2 Å². The summed E-state index contributed by atoms with van der Waals surface area (Å²) in [4.78, 5) is 2.31. The summed E-state index contributed by atoms with van der Waals surface area (Å²) in [6, 6.07) is 8.33. The van der Waals surface area contributed by atoms with Gasteiger partial charge in [-0.2, -0.15) is 5.10 Å². The summed E-state index contributed by atoms with van der Waals surface area (Å²) in [5.74, 6) is 0.916. The number of aryl methyl sites for hydroxylation is 2. The first-order valence-electron chi connectivity index (χ1n) is 7.19. The van der Waals surface area contributed by atoms with Gasteiger partial charge in [-0.3, -0.25) is 9.47 Å². The standard InChI is InChI=1S/C15H20N4OS/c1-12-4-3-5-14(10-12)19-13(2)16-18(15(19)21)11-17-6-8-20-9-7-17/h3-5,10H,6-9,11H2,1-2H3. The topological polar surface area (TPSA) is 35.2 Å². The van der Waals surface area contributed by atoms with E-state index >= 15 is 0 Å². The van der Waals surface area contributed by atoms with Crippen LogP contribution in [-0.4, -0.2) is 45.6 Å². The molecule has 0 unspecified atom stereocenters. The lowest BCUT2D eigenvalue weighted by atomic mass is 10.2. The lowest BCUT2D eigenvalue weighted by Gasteiger charge is -2.26. The van der Waals surface area contributed by atoms with Gasteiger partial charge >= 0.3 is 0 Å². The largest absolute Gasteiger partial charge is 0.379 e. The maximum atomic E-state index is 5.61. The molecule has 6 heteroatoms. The second-order valence-corrected chi connectivity index (χ2v) is 5.74. The zero-order valence-corrected chi connectivity index (χ0v) is 13.3. The minimum Gasteiger partial charge on any atom is -0.379 e. The smallest absolute Gasteiger partial charge is 0.203 e. The first-order valence-corrected chi connectivity index (χ1v) is 7.59. The molecule has 0 amide bonds. The number of morpholine rings is 1. The SMILES string of the molecule is Cc1cccc(-n2c(C)nn(CN3CCOCC3)c2=S)c1. The van der Waals surface area contributed by atoms with Crippen molar-refractivity contribution in [1.82, 2.24) is 19.2 Å². The number of rotatable bonds is 3. The van der Waals surface area contributed by atoms with E-state index in [1.807, 2.05) is 22.2 Å². The summed E-state index contributed by atoms with van der Waals surface area (Å²) in [5.41, 5.74) is 2.29. The zero-order valence-electron chi connectivity index (χ0n) is 12.5. The van der Waals surface area contributed by atoms with Crippen molar-refractivity contribution in [2.24, 2.45) is 0 Å². The molecule has 1 aliphatic heterocycles. The molecule has 0 radical (unpaired) electrons. The van der Waals surface area contributed by atoms with E-state index in [1.54, 1.807) is 0 Å². The van der Waals surface area contributed by atoms with Crippen molar-refractivity contribution in [2.45, 2.75) is 20.5 Å². The first-order chi connectivity index (χ1) is 10.1. The van der Waals surface area contributed by atoms with Crippen LogP contribution in [0.3, 0.4) is 0 Å². The van der Waals surface area contributed by atoms with Crippen molar-refractivity contribution in [3.05, 3.63) is 40.4 Å². The lowest BCUT2D eigenvalue weighted by molar-refractivity contribution is 0.0209. The van der Waals surface area contributed by atoms with Crippen molar-refractivity contribution in [3.63, 3.8) is 0 Å². The highest BCUT2D eigenvalue weighted by Crippen LogP contribution is 2.14. The highest BCUT2D eigenvalue weighted by atomic mass is 32.1. The van der Waals surface area contributed by atoms with E-state index in [4.69, 9.17) is 17.0 Å². The Morgan fingerprint density at radius 3 is 2.71 bits per heavy atom. The number of ether oxygens (including phenoxy) is 1. The van der Waals surface area contributed by atoms with Gasteiger partial charge < -0.3 is 4.74 Å². The van der Waals surface area contributed by atoms with Crippen molar-refractivity contribution in [1.29, 1.82) is 0 Å². The Labute approximate surface area is 129 Å². The van der Waals surface area contributed by atoms with Crippen molar-refractivity contribution in [3.8, 4) is 5.69 Å². The van der Waals surface area contributed by atoms with Crippen LogP contribution in [0.1, 0.15) is 11.4 Å². The van der Waals surface area contributed by atoms with Crippen LogP contribution in [0, 0.1) is 18.6 Å². The summed E-state index contributed by atoms with van der Waals surface area (Å²) in [6.07, 6.45) is 0. The molecule has 112 valence electrons. The van der Waals surface area contributed by atoms with Crippen LogP contribution in [0.4, 0.5) is 0 Å². The van der Waals surface area contributed by atoms with E-state index in [-0.39, 0.29) is 0 Å². The molecule has 1 aliphatic rings. The molecule has 0 spiro atoms. The van der Waals surface area contributed by atoms with E-state index in [1.165, 1.54) is 5.56 Å². The fraction of sp³-hybridized carbons (Fsp3) is 0.467. The van der Waals surface area contributed by atoms with Crippen LogP contribution in [0.2, 0.25) is 0 Å². The Hall–Kier alpha value is -1.50. The third kappa shape index (κ3) is 3.07. The molecule has 0 N–H and O–H groups in total. The van der Waals surface area contributed by atoms with E-state index in [0.29, 0.717) is 0 Å². The summed E-state index contributed by atoms with van der Waals surface area (Å²) in [5, 5.41) is 4.60. The fourth-order valence-corrected chi connectivity index (χ4v) is 2.94. The number of hydrogen-bond acceptors (Lipinski definition) is 4. The Morgan fingerprint density at radius 1 is 1.24 bits per heavy atom. The molecule has 1 saturated heterocycles. The van der Waals surface area contributed by atoms with Crippen LogP contribution >= 0.6 is 12.2 Å². The predicted octanol–water partition coefficient (Wildman–Crippen LogP) is 2.31. The first kappa shape index (κ1) is 14.4. The van der Waals surface area contributed by atoms with Crippen LogP contribution in [0.25, 0.3) is 5.69 Å². The third-order valence-electron chi connectivity index (χ3n) is 3.70. The molecule has 2 aromatic rings. The average molecular weight is 304 g/mol. The molecule has 0 bridgehead atoms. The maximum Gasteiger partial charge on any atom is 0.203 e. The van der Waals surface area contributed by atoms with E-state index < -0.39 is 0 Å². The molecule has 21 heavy (non-hydrogen) atoms. The van der Waals surface area contributed by atoms with Crippen molar-refractivity contribution in [2.75, 3.05) is 26.3 Å². The quantitative estimate of drug-likeness (QED) is 0.815. The minimum absolute atomic E-state index is 0.724. The van der Waals surface area contributed by atoms with Gasteiger partial charge in [0, 0.05) is 18.8 Å². The number of hydrogen-bond donors (Lipinski definition) is 0. The van der Waals surface area contributed by atoms with Gasteiger partial charge in [-0.1, -0.05) is 12.1 Å². The van der Waals surface area contributed by atoms with Gasteiger partial charge in [0.25, 0.3) is 0 Å². The molecular weight excluding hydrogens is 284 g/mol. The molecule has 0 atom stereocenters. The zero-order chi connectivity index (χ0) is 14.8. The Balaban J connectivity index is 1.91.